The monoisotopic (exact) mass is 773 g/mol. The van der Waals surface area contributed by atoms with Crippen molar-refractivity contribution in [3.05, 3.63) is 243 Å². The Kier molecular flexibility index (Phi) is 16.6. The van der Waals surface area contributed by atoms with Gasteiger partial charge < -0.3 is 17.2 Å². The van der Waals surface area contributed by atoms with E-state index in [1.165, 1.54) is 61.9 Å². The summed E-state index contributed by atoms with van der Waals surface area (Å²) in [6.07, 6.45) is 4.03. The summed E-state index contributed by atoms with van der Waals surface area (Å²) in [4.78, 5) is 0. The summed E-state index contributed by atoms with van der Waals surface area (Å²) < 4.78 is 0. The van der Waals surface area contributed by atoms with E-state index in [2.05, 4.69) is 170 Å². The normalized spacial score (nSPS) is 10.3. The fourth-order valence-corrected chi connectivity index (χ4v) is 8.47. The van der Waals surface area contributed by atoms with Gasteiger partial charge in [0.2, 0.25) is 0 Å². The standard InChI is InChI=1S/C24H20NP.C17H16.C12H11N.CH5N/c25-21-15-11-19(12-16-21)20-13-17-24(18-14-20)26(22-7-3-1-4-8-22)23-9-5-2-6-10-23;1-3-7-14(2)15-10-12-17(13-11-15)16-8-5-4-6-9-16;13-12-8-6-11(7-9-12)10-4-2-1-3-5-10;1-2/h1-18H,25H2;3-13H,2H2,1H3;1-9H,13H2;2H2,1H3/b;7-3-;;. The highest BCUT2D eigenvalue weighted by Crippen LogP contribution is 2.33. The SMILES string of the molecule is C=C(/C=C\C)c1ccc(-c2ccccc2)cc1.CN.Nc1ccc(-c2ccc(P(c3ccccc3)c3ccccc3)cc2)cc1.Nc1ccc(-c2ccccc2)cc1. The maximum absolute atomic E-state index is 5.80. The molecule has 3 nitrogen and oxygen atoms in total. The first-order valence-electron chi connectivity index (χ1n) is 19.3. The average Bonchev–Trinajstić information content (AvgIpc) is 3.30. The van der Waals surface area contributed by atoms with Gasteiger partial charge in [-0.1, -0.05) is 213 Å². The van der Waals surface area contributed by atoms with Crippen LogP contribution in [0.25, 0.3) is 39.0 Å². The molecule has 0 fully saturated rings. The molecule has 0 unspecified atom stereocenters. The third-order valence-corrected chi connectivity index (χ3v) is 11.6. The van der Waals surface area contributed by atoms with Crippen LogP contribution in [0.5, 0.6) is 0 Å². The molecule has 0 saturated heterocycles. The van der Waals surface area contributed by atoms with Gasteiger partial charge in [-0.15, -0.1) is 0 Å². The van der Waals surface area contributed by atoms with E-state index in [9.17, 15) is 0 Å². The van der Waals surface area contributed by atoms with Crippen LogP contribution in [-0.4, -0.2) is 7.05 Å². The van der Waals surface area contributed by atoms with E-state index in [-0.39, 0.29) is 0 Å². The number of allylic oxidation sites excluding steroid dienone is 3. The molecule has 58 heavy (non-hydrogen) atoms. The first kappa shape index (κ1) is 42.4. The lowest BCUT2D eigenvalue weighted by molar-refractivity contribution is 1.48. The molecular weight excluding hydrogens is 722 g/mol. The number of hydrogen-bond acceptors (Lipinski definition) is 3. The molecule has 0 spiro atoms. The van der Waals surface area contributed by atoms with Gasteiger partial charge in [-0.05, 0) is 107 Å². The number of rotatable bonds is 8. The minimum atomic E-state index is -0.552. The van der Waals surface area contributed by atoms with Gasteiger partial charge >= 0.3 is 0 Å². The molecule has 0 heterocycles. The molecule has 0 atom stereocenters. The molecule has 0 amide bonds. The van der Waals surface area contributed by atoms with Crippen LogP contribution in [0, 0.1) is 0 Å². The highest BCUT2D eigenvalue weighted by Gasteiger charge is 2.16. The minimum Gasteiger partial charge on any atom is -0.399 e. The zero-order chi connectivity index (χ0) is 41.0. The molecule has 0 aromatic heterocycles. The van der Waals surface area contributed by atoms with Crippen molar-refractivity contribution in [2.45, 2.75) is 6.92 Å². The van der Waals surface area contributed by atoms with Gasteiger partial charge in [-0.25, -0.2) is 0 Å². The lowest BCUT2D eigenvalue weighted by Gasteiger charge is -2.19. The van der Waals surface area contributed by atoms with E-state index in [4.69, 9.17) is 11.5 Å². The topological polar surface area (TPSA) is 78.1 Å². The van der Waals surface area contributed by atoms with Crippen molar-refractivity contribution >= 4 is 40.8 Å². The zero-order valence-corrected chi connectivity index (χ0v) is 34.2. The van der Waals surface area contributed by atoms with Crippen LogP contribution in [0.4, 0.5) is 11.4 Å². The van der Waals surface area contributed by atoms with Crippen molar-refractivity contribution < 1.29 is 0 Å². The predicted molar refractivity (Wildman–Crippen MR) is 257 cm³/mol. The third kappa shape index (κ3) is 12.4. The Hall–Kier alpha value is -6.77. The van der Waals surface area contributed by atoms with Crippen LogP contribution in [0.2, 0.25) is 0 Å². The molecule has 0 aliphatic heterocycles. The van der Waals surface area contributed by atoms with E-state index >= 15 is 0 Å². The largest absolute Gasteiger partial charge is 0.399 e. The van der Waals surface area contributed by atoms with Gasteiger partial charge in [0, 0.05) is 11.4 Å². The summed E-state index contributed by atoms with van der Waals surface area (Å²) in [5, 5.41) is 4.10. The Labute approximate surface area is 346 Å². The lowest BCUT2D eigenvalue weighted by atomic mass is 10.0. The molecule has 8 aromatic rings. The van der Waals surface area contributed by atoms with Crippen molar-refractivity contribution in [2.24, 2.45) is 5.73 Å². The van der Waals surface area contributed by atoms with Gasteiger partial charge in [0.05, 0.1) is 0 Å². The van der Waals surface area contributed by atoms with Crippen molar-refractivity contribution in [3.8, 4) is 33.4 Å². The second-order valence-corrected chi connectivity index (χ2v) is 15.4. The third-order valence-electron chi connectivity index (χ3n) is 9.15. The maximum atomic E-state index is 5.80. The molecule has 4 heteroatoms. The van der Waals surface area contributed by atoms with Gasteiger partial charge in [0.1, 0.15) is 0 Å². The quantitative estimate of drug-likeness (QED) is 0.0817. The Morgan fingerprint density at radius 1 is 0.379 bits per heavy atom. The second kappa shape index (κ2) is 22.7. The predicted octanol–water partition coefficient (Wildman–Crippen LogP) is 12.1. The van der Waals surface area contributed by atoms with Crippen molar-refractivity contribution in [2.75, 3.05) is 18.5 Å². The van der Waals surface area contributed by atoms with Gasteiger partial charge in [-0.3, -0.25) is 0 Å². The van der Waals surface area contributed by atoms with Crippen molar-refractivity contribution in [1.82, 2.24) is 0 Å². The number of hydrogen-bond donors (Lipinski definition) is 3. The van der Waals surface area contributed by atoms with Crippen LogP contribution >= 0.6 is 7.92 Å². The Bertz CT molecular complexity index is 2350. The fourth-order valence-electron chi connectivity index (χ4n) is 6.19. The summed E-state index contributed by atoms with van der Waals surface area (Å²) in [5.41, 5.74) is 27.0. The average molecular weight is 774 g/mol. The van der Waals surface area contributed by atoms with Crippen LogP contribution in [0.3, 0.4) is 0 Å². The summed E-state index contributed by atoms with van der Waals surface area (Å²) in [5.74, 6) is 0. The Morgan fingerprint density at radius 2 is 0.655 bits per heavy atom. The maximum Gasteiger partial charge on any atom is 0.0314 e. The smallest absolute Gasteiger partial charge is 0.0314 e. The van der Waals surface area contributed by atoms with E-state index in [0.29, 0.717) is 0 Å². The first-order valence-corrected chi connectivity index (χ1v) is 20.6. The second-order valence-electron chi connectivity index (χ2n) is 13.1. The van der Waals surface area contributed by atoms with Crippen LogP contribution in [0.1, 0.15) is 12.5 Å². The van der Waals surface area contributed by atoms with E-state index in [0.717, 1.165) is 16.9 Å². The number of benzene rings is 8. The molecule has 0 radical (unpaired) electrons. The Balaban J connectivity index is 0.000000173. The molecular formula is C54H52N3P. The molecule has 0 aliphatic carbocycles. The number of nitrogen functional groups attached to an aromatic ring is 2. The number of anilines is 2. The van der Waals surface area contributed by atoms with E-state index < -0.39 is 7.92 Å². The van der Waals surface area contributed by atoms with E-state index in [1.54, 1.807) is 0 Å². The van der Waals surface area contributed by atoms with Gasteiger partial charge in [0.15, 0.2) is 0 Å². The first-order chi connectivity index (χ1) is 28.5. The molecule has 8 rings (SSSR count). The van der Waals surface area contributed by atoms with Crippen molar-refractivity contribution in [1.29, 1.82) is 0 Å². The van der Waals surface area contributed by atoms with Crippen molar-refractivity contribution in [3.63, 3.8) is 0 Å². The molecule has 0 bridgehead atoms. The van der Waals surface area contributed by atoms with Gasteiger partial charge in [-0.2, -0.15) is 0 Å². The summed E-state index contributed by atoms with van der Waals surface area (Å²) in [6.45, 7) is 6.03. The minimum absolute atomic E-state index is 0.552. The lowest BCUT2D eigenvalue weighted by Crippen LogP contribution is -2.20. The molecule has 8 aromatic carbocycles. The highest BCUT2D eigenvalue weighted by atomic mass is 31.1. The van der Waals surface area contributed by atoms with Crippen LogP contribution in [-0.2, 0) is 0 Å². The highest BCUT2D eigenvalue weighted by molar-refractivity contribution is 7.79. The molecule has 0 saturated carbocycles. The van der Waals surface area contributed by atoms with Crippen LogP contribution < -0.4 is 33.1 Å². The molecule has 6 N–H and O–H groups in total. The van der Waals surface area contributed by atoms with Crippen LogP contribution in [0.15, 0.2) is 237 Å². The molecule has 288 valence electrons. The number of nitrogens with two attached hydrogens (primary N) is 3. The summed E-state index contributed by atoms with van der Waals surface area (Å²) >= 11 is 0. The Morgan fingerprint density at radius 3 is 1.00 bits per heavy atom. The van der Waals surface area contributed by atoms with Gasteiger partial charge in [0.25, 0.3) is 0 Å². The summed E-state index contributed by atoms with van der Waals surface area (Å²) in [7, 11) is 0.948. The fraction of sp³-hybridized carbons (Fsp3) is 0.0370. The molecule has 0 aliphatic rings. The van der Waals surface area contributed by atoms with E-state index in [1.807, 2.05) is 79.7 Å². The summed E-state index contributed by atoms with van der Waals surface area (Å²) in [6, 6.07) is 75.6. The zero-order valence-electron chi connectivity index (χ0n) is 33.3.